The molecule has 0 aliphatic heterocycles. The van der Waals surface area contributed by atoms with Gasteiger partial charge in [0.2, 0.25) is 6.29 Å². The number of hydrogen-bond acceptors (Lipinski definition) is 3. The average molecular weight is 221 g/mol. The van der Waals surface area contributed by atoms with Gasteiger partial charge < -0.3 is 0 Å². The highest BCUT2D eigenvalue weighted by Gasteiger charge is 2.33. The zero-order valence-corrected chi connectivity index (χ0v) is 9.95. The summed E-state index contributed by atoms with van der Waals surface area (Å²) in [6.07, 6.45) is 13.4. The Bertz CT molecular complexity index is 251. The fraction of sp³-hybridized carbons (Fsp3) is 0.923. The van der Waals surface area contributed by atoms with Gasteiger partial charge in [-0.05, 0) is 25.7 Å². The SMILES string of the molecule is O=[C]C1(N=NC2CCCCC2)CCCCC1. The number of hydrogen-bond donors (Lipinski definition) is 0. The summed E-state index contributed by atoms with van der Waals surface area (Å²) in [4.78, 5) is 11.1. The van der Waals surface area contributed by atoms with Crippen LogP contribution in [0.2, 0.25) is 0 Å². The summed E-state index contributed by atoms with van der Waals surface area (Å²) < 4.78 is 0. The summed E-state index contributed by atoms with van der Waals surface area (Å²) >= 11 is 0. The van der Waals surface area contributed by atoms with E-state index < -0.39 is 5.54 Å². The molecule has 0 aromatic carbocycles. The Morgan fingerprint density at radius 1 is 0.938 bits per heavy atom. The molecule has 2 fully saturated rings. The molecule has 0 unspecified atom stereocenters. The van der Waals surface area contributed by atoms with Gasteiger partial charge in [-0.2, -0.15) is 10.2 Å². The predicted octanol–water partition coefficient (Wildman–Crippen LogP) is 3.58. The van der Waals surface area contributed by atoms with Crippen molar-refractivity contribution in [1.29, 1.82) is 0 Å². The molecule has 0 atom stereocenters. The molecule has 2 rings (SSSR count). The smallest absolute Gasteiger partial charge is 0.230 e. The summed E-state index contributed by atoms with van der Waals surface area (Å²) in [6.45, 7) is 0. The van der Waals surface area contributed by atoms with Gasteiger partial charge in [-0.1, -0.05) is 38.5 Å². The Balaban J connectivity index is 1.93. The summed E-state index contributed by atoms with van der Waals surface area (Å²) in [6, 6.07) is 0.376. The zero-order chi connectivity index (χ0) is 11.3. The predicted molar refractivity (Wildman–Crippen MR) is 63.2 cm³/mol. The van der Waals surface area contributed by atoms with Crippen LogP contribution < -0.4 is 0 Å². The topological polar surface area (TPSA) is 41.8 Å². The highest BCUT2D eigenvalue weighted by atomic mass is 16.1. The van der Waals surface area contributed by atoms with Gasteiger partial charge in [-0.3, -0.25) is 4.79 Å². The Morgan fingerprint density at radius 3 is 2.19 bits per heavy atom. The maximum atomic E-state index is 11.1. The van der Waals surface area contributed by atoms with E-state index in [2.05, 4.69) is 16.5 Å². The molecular weight excluding hydrogens is 200 g/mol. The van der Waals surface area contributed by atoms with Crippen molar-refractivity contribution in [3.8, 4) is 0 Å². The van der Waals surface area contributed by atoms with Crippen LogP contribution in [-0.2, 0) is 4.79 Å². The van der Waals surface area contributed by atoms with E-state index in [4.69, 9.17) is 0 Å². The molecule has 0 saturated heterocycles. The van der Waals surface area contributed by atoms with Gasteiger partial charge in [0.25, 0.3) is 0 Å². The lowest BCUT2D eigenvalue weighted by Crippen LogP contribution is -2.31. The van der Waals surface area contributed by atoms with Crippen LogP contribution in [0, 0.1) is 0 Å². The molecule has 0 aromatic rings. The Kier molecular flexibility index (Phi) is 4.08. The summed E-state index contributed by atoms with van der Waals surface area (Å²) in [7, 11) is 0. The molecule has 0 N–H and O–H groups in total. The van der Waals surface area contributed by atoms with Crippen molar-refractivity contribution in [1.82, 2.24) is 0 Å². The highest BCUT2D eigenvalue weighted by Crippen LogP contribution is 2.31. The van der Waals surface area contributed by atoms with Crippen LogP contribution >= 0.6 is 0 Å². The highest BCUT2D eigenvalue weighted by molar-refractivity contribution is 5.65. The van der Waals surface area contributed by atoms with Crippen LogP contribution in [0.1, 0.15) is 64.2 Å². The standard InChI is InChI=1S/C13H21N2O/c16-11-13(9-5-2-6-10-13)15-14-12-7-3-1-4-8-12/h12H,1-10H2. The van der Waals surface area contributed by atoms with Crippen LogP contribution in [0.4, 0.5) is 0 Å². The van der Waals surface area contributed by atoms with Crippen molar-refractivity contribution >= 4 is 6.29 Å². The van der Waals surface area contributed by atoms with Gasteiger partial charge in [0.1, 0.15) is 5.54 Å². The first-order valence-electron chi connectivity index (χ1n) is 6.66. The van der Waals surface area contributed by atoms with Crippen LogP contribution in [0.15, 0.2) is 10.2 Å². The maximum absolute atomic E-state index is 11.1. The number of azo groups is 1. The van der Waals surface area contributed by atoms with Crippen molar-refractivity contribution in [3.05, 3.63) is 0 Å². The lowest BCUT2D eigenvalue weighted by atomic mass is 9.84. The first kappa shape index (κ1) is 11.7. The average Bonchev–Trinajstić information content (AvgIpc) is 2.39. The van der Waals surface area contributed by atoms with Crippen molar-refractivity contribution in [2.75, 3.05) is 0 Å². The van der Waals surface area contributed by atoms with Crippen LogP contribution in [0.5, 0.6) is 0 Å². The van der Waals surface area contributed by atoms with E-state index in [1.54, 1.807) is 0 Å². The van der Waals surface area contributed by atoms with Crippen molar-refractivity contribution in [2.24, 2.45) is 10.2 Å². The lowest BCUT2D eigenvalue weighted by Gasteiger charge is -2.26. The van der Waals surface area contributed by atoms with Crippen molar-refractivity contribution < 1.29 is 4.79 Å². The van der Waals surface area contributed by atoms with E-state index in [1.807, 2.05) is 0 Å². The van der Waals surface area contributed by atoms with Gasteiger partial charge in [-0.25, -0.2) is 0 Å². The third-order valence-corrected chi connectivity index (χ3v) is 3.86. The second-order valence-corrected chi connectivity index (χ2v) is 5.20. The molecule has 3 heteroatoms. The van der Waals surface area contributed by atoms with Crippen LogP contribution in [0.25, 0.3) is 0 Å². The largest absolute Gasteiger partial charge is 0.288 e. The van der Waals surface area contributed by atoms with E-state index in [1.165, 1.54) is 25.7 Å². The molecule has 0 aromatic heterocycles. The van der Waals surface area contributed by atoms with E-state index >= 15 is 0 Å². The molecule has 3 nitrogen and oxygen atoms in total. The first-order valence-corrected chi connectivity index (χ1v) is 6.66. The summed E-state index contributed by atoms with van der Waals surface area (Å²) in [5, 5.41) is 8.77. The Labute approximate surface area is 97.7 Å². The second kappa shape index (κ2) is 5.55. The third kappa shape index (κ3) is 2.89. The van der Waals surface area contributed by atoms with Crippen LogP contribution in [-0.4, -0.2) is 17.9 Å². The fourth-order valence-corrected chi connectivity index (χ4v) is 2.75. The molecule has 0 bridgehead atoms. The molecule has 2 saturated carbocycles. The number of nitrogens with zero attached hydrogens (tertiary/aromatic N) is 2. The van der Waals surface area contributed by atoms with Gasteiger partial charge in [-0.15, -0.1) is 0 Å². The number of rotatable bonds is 3. The van der Waals surface area contributed by atoms with Crippen molar-refractivity contribution in [3.63, 3.8) is 0 Å². The molecule has 2 aliphatic rings. The fourth-order valence-electron chi connectivity index (χ4n) is 2.75. The Morgan fingerprint density at radius 2 is 1.56 bits per heavy atom. The van der Waals surface area contributed by atoms with E-state index in [9.17, 15) is 4.79 Å². The van der Waals surface area contributed by atoms with E-state index in [0.29, 0.717) is 6.04 Å². The molecule has 0 spiro atoms. The molecule has 1 radical (unpaired) electrons. The van der Waals surface area contributed by atoms with E-state index in [0.717, 1.165) is 38.5 Å². The molecule has 89 valence electrons. The minimum absolute atomic E-state index is 0.376. The van der Waals surface area contributed by atoms with Gasteiger partial charge in [0, 0.05) is 0 Å². The lowest BCUT2D eigenvalue weighted by molar-refractivity contribution is 0.336. The van der Waals surface area contributed by atoms with Gasteiger partial charge in [0.05, 0.1) is 6.04 Å². The van der Waals surface area contributed by atoms with Crippen molar-refractivity contribution in [2.45, 2.75) is 75.8 Å². The quantitative estimate of drug-likeness (QED) is 0.671. The van der Waals surface area contributed by atoms with Gasteiger partial charge in [0.15, 0.2) is 0 Å². The normalized spacial score (nSPS) is 27.0. The molecule has 0 heterocycles. The number of carbonyl (C=O) groups excluding carboxylic acids is 1. The third-order valence-electron chi connectivity index (χ3n) is 3.86. The molecular formula is C13H21N2O. The van der Waals surface area contributed by atoms with Crippen LogP contribution in [0.3, 0.4) is 0 Å². The minimum atomic E-state index is -0.574. The first-order chi connectivity index (χ1) is 7.85. The monoisotopic (exact) mass is 221 g/mol. The minimum Gasteiger partial charge on any atom is -0.288 e. The molecule has 2 aliphatic carbocycles. The van der Waals surface area contributed by atoms with E-state index in [-0.39, 0.29) is 0 Å². The Hall–Kier alpha value is -0.730. The summed E-state index contributed by atoms with van der Waals surface area (Å²) in [5.74, 6) is 0. The molecule has 16 heavy (non-hydrogen) atoms. The summed E-state index contributed by atoms with van der Waals surface area (Å²) in [5.41, 5.74) is -0.574. The molecule has 0 amide bonds. The zero-order valence-electron chi connectivity index (χ0n) is 9.95. The van der Waals surface area contributed by atoms with Gasteiger partial charge >= 0.3 is 0 Å². The maximum Gasteiger partial charge on any atom is 0.230 e. The second-order valence-electron chi connectivity index (χ2n) is 5.20.